The molecule has 26 heavy (non-hydrogen) atoms. The molecule has 2 amide bonds. The van der Waals surface area contributed by atoms with Crippen LogP contribution in [-0.4, -0.2) is 54.0 Å². The van der Waals surface area contributed by atoms with Crippen LogP contribution in [0.4, 0.5) is 5.69 Å². The summed E-state index contributed by atoms with van der Waals surface area (Å²) < 4.78 is 5.30. The number of carbonyl (C=O) groups is 3. The van der Waals surface area contributed by atoms with Gasteiger partial charge in [0.15, 0.2) is 0 Å². The Morgan fingerprint density at radius 3 is 2.69 bits per heavy atom. The summed E-state index contributed by atoms with van der Waals surface area (Å²) in [5.74, 6) is -1.78. The van der Waals surface area contributed by atoms with Crippen LogP contribution in [0, 0.1) is 11.8 Å². The molecule has 1 aromatic carbocycles. The van der Waals surface area contributed by atoms with E-state index in [1.54, 1.807) is 30.0 Å². The Kier molecular flexibility index (Phi) is 5.09. The summed E-state index contributed by atoms with van der Waals surface area (Å²) in [6.07, 6.45) is 0.532. The maximum Gasteiger partial charge on any atom is 0.308 e. The second kappa shape index (κ2) is 7.15. The Hall–Kier alpha value is -2.28. The molecule has 0 radical (unpaired) electrons. The first-order chi connectivity index (χ1) is 12.3. The maximum absolute atomic E-state index is 12.9. The Bertz CT molecular complexity index is 753. The smallest absolute Gasteiger partial charge is 0.308 e. The second-order valence-corrected chi connectivity index (χ2v) is 7.16. The van der Waals surface area contributed by atoms with Gasteiger partial charge in [-0.3, -0.25) is 14.4 Å². The first-order valence-electron chi connectivity index (χ1n) is 8.50. The number of rotatable bonds is 4. The molecule has 8 heteroatoms. The molecule has 1 aromatic rings. The van der Waals surface area contributed by atoms with E-state index in [0.29, 0.717) is 29.4 Å². The molecule has 3 unspecified atom stereocenters. The third-order valence-corrected chi connectivity index (χ3v) is 5.50. The highest BCUT2D eigenvalue weighted by Gasteiger charge is 2.44. The first kappa shape index (κ1) is 18.5. The monoisotopic (exact) mass is 380 g/mol. The molecule has 3 atom stereocenters. The van der Waals surface area contributed by atoms with Crippen LogP contribution in [0.2, 0.25) is 5.02 Å². The topological polar surface area (TPSA) is 87.2 Å². The quantitative estimate of drug-likeness (QED) is 0.863. The molecular formula is C18H21ClN2O5. The van der Waals surface area contributed by atoms with Crippen LogP contribution in [0.1, 0.15) is 19.8 Å². The van der Waals surface area contributed by atoms with Gasteiger partial charge in [0.2, 0.25) is 11.8 Å². The van der Waals surface area contributed by atoms with Crippen LogP contribution >= 0.6 is 11.6 Å². The number of hydrogen-bond acceptors (Lipinski definition) is 4. The lowest BCUT2D eigenvalue weighted by atomic mass is 10.0. The van der Waals surface area contributed by atoms with E-state index >= 15 is 0 Å². The first-order valence-corrected chi connectivity index (χ1v) is 8.88. The van der Waals surface area contributed by atoms with Gasteiger partial charge >= 0.3 is 5.97 Å². The van der Waals surface area contributed by atoms with Crippen molar-refractivity contribution in [3.8, 4) is 5.75 Å². The Morgan fingerprint density at radius 1 is 1.35 bits per heavy atom. The van der Waals surface area contributed by atoms with Gasteiger partial charge < -0.3 is 19.6 Å². The van der Waals surface area contributed by atoms with Crippen molar-refractivity contribution < 1.29 is 24.2 Å². The van der Waals surface area contributed by atoms with Gasteiger partial charge in [0, 0.05) is 30.6 Å². The van der Waals surface area contributed by atoms with Crippen molar-refractivity contribution in [3.05, 3.63) is 23.2 Å². The number of carboxylic acid groups (broad SMARTS) is 1. The number of hydrogen-bond donors (Lipinski definition) is 1. The van der Waals surface area contributed by atoms with E-state index in [1.165, 1.54) is 12.0 Å². The summed E-state index contributed by atoms with van der Waals surface area (Å²) in [4.78, 5) is 39.7. The lowest BCUT2D eigenvalue weighted by Crippen LogP contribution is -2.41. The molecule has 1 N–H and O–H groups in total. The third kappa shape index (κ3) is 3.23. The normalized spacial score (nSPS) is 25.7. The number of amides is 2. The van der Waals surface area contributed by atoms with Crippen LogP contribution in [0.25, 0.3) is 0 Å². The summed E-state index contributed by atoms with van der Waals surface area (Å²) in [6.45, 7) is 2.38. The Balaban J connectivity index is 1.77. The summed E-state index contributed by atoms with van der Waals surface area (Å²) in [5.41, 5.74) is 0.540. The lowest BCUT2D eigenvalue weighted by Gasteiger charge is -2.26. The molecule has 0 aromatic heterocycles. The largest absolute Gasteiger partial charge is 0.495 e. The van der Waals surface area contributed by atoms with Crippen LogP contribution in [0.3, 0.4) is 0 Å². The molecule has 2 aliphatic heterocycles. The number of carbonyl (C=O) groups excluding carboxylic acids is 2. The fourth-order valence-corrected chi connectivity index (χ4v) is 3.96. The number of carboxylic acids is 1. The van der Waals surface area contributed by atoms with Crippen molar-refractivity contribution in [2.75, 3.05) is 25.1 Å². The number of anilines is 1. The number of nitrogens with zero attached hydrogens (tertiary/aromatic N) is 2. The molecule has 2 fully saturated rings. The summed E-state index contributed by atoms with van der Waals surface area (Å²) in [7, 11) is 1.51. The van der Waals surface area contributed by atoms with E-state index in [2.05, 4.69) is 0 Å². The van der Waals surface area contributed by atoms with E-state index in [1.807, 2.05) is 0 Å². The van der Waals surface area contributed by atoms with Gasteiger partial charge in [-0.1, -0.05) is 11.6 Å². The number of benzene rings is 1. The zero-order chi connectivity index (χ0) is 19.0. The van der Waals surface area contributed by atoms with E-state index in [4.69, 9.17) is 16.3 Å². The molecular weight excluding hydrogens is 360 g/mol. The summed E-state index contributed by atoms with van der Waals surface area (Å²) >= 11 is 6.04. The molecule has 0 saturated carbocycles. The second-order valence-electron chi connectivity index (χ2n) is 6.73. The molecule has 2 aliphatic rings. The molecule has 140 valence electrons. The fourth-order valence-electron chi connectivity index (χ4n) is 3.80. The SMILES string of the molecule is COc1ccc(Cl)cc1N1CC(C(=O)N2CCC(C(=O)O)C2C)CC1=O. The Morgan fingerprint density at radius 2 is 2.08 bits per heavy atom. The highest BCUT2D eigenvalue weighted by molar-refractivity contribution is 6.31. The van der Waals surface area contributed by atoms with Gasteiger partial charge in [-0.05, 0) is 31.5 Å². The van der Waals surface area contributed by atoms with E-state index in [-0.39, 0.29) is 30.8 Å². The highest BCUT2D eigenvalue weighted by atomic mass is 35.5. The van der Waals surface area contributed by atoms with E-state index in [0.717, 1.165) is 0 Å². The number of aliphatic carboxylic acids is 1. The van der Waals surface area contributed by atoms with Crippen molar-refractivity contribution in [2.45, 2.75) is 25.8 Å². The molecule has 0 spiro atoms. The van der Waals surface area contributed by atoms with E-state index in [9.17, 15) is 19.5 Å². The maximum atomic E-state index is 12.9. The molecule has 0 bridgehead atoms. The van der Waals surface area contributed by atoms with Gasteiger partial charge in [0.05, 0.1) is 24.6 Å². The molecule has 2 saturated heterocycles. The van der Waals surface area contributed by atoms with Crippen LogP contribution in [-0.2, 0) is 14.4 Å². The summed E-state index contributed by atoms with van der Waals surface area (Å²) in [5, 5.41) is 9.71. The predicted octanol–water partition coefficient (Wildman–Crippen LogP) is 2.02. The molecule has 2 heterocycles. The van der Waals surface area contributed by atoms with Gasteiger partial charge in [-0.25, -0.2) is 0 Å². The average Bonchev–Trinajstić information content (AvgIpc) is 3.17. The van der Waals surface area contributed by atoms with Gasteiger partial charge in [0.25, 0.3) is 0 Å². The fraction of sp³-hybridized carbons (Fsp3) is 0.500. The van der Waals surface area contributed by atoms with E-state index < -0.39 is 17.8 Å². The van der Waals surface area contributed by atoms with Gasteiger partial charge in [-0.15, -0.1) is 0 Å². The number of ether oxygens (including phenoxy) is 1. The van der Waals surface area contributed by atoms with Gasteiger partial charge in [0.1, 0.15) is 5.75 Å². The number of halogens is 1. The third-order valence-electron chi connectivity index (χ3n) is 5.26. The Labute approximate surface area is 156 Å². The standard InChI is InChI=1S/C18H21ClN2O5/c1-10-13(18(24)25)5-6-20(10)17(23)11-7-16(22)21(9-11)14-8-12(19)3-4-15(14)26-2/h3-4,8,10-11,13H,5-7,9H2,1-2H3,(H,24,25). The van der Waals surface area contributed by atoms with Crippen LogP contribution in [0.15, 0.2) is 18.2 Å². The van der Waals surface area contributed by atoms with Crippen molar-refractivity contribution in [2.24, 2.45) is 11.8 Å². The minimum absolute atomic E-state index is 0.0927. The van der Waals surface area contributed by atoms with Crippen molar-refractivity contribution in [1.29, 1.82) is 0 Å². The number of methoxy groups -OCH3 is 1. The minimum Gasteiger partial charge on any atom is -0.495 e. The van der Waals surface area contributed by atoms with Crippen LogP contribution in [0.5, 0.6) is 5.75 Å². The molecule has 0 aliphatic carbocycles. The van der Waals surface area contributed by atoms with Crippen molar-refractivity contribution in [3.63, 3.8) is 0 Å². The zero-order valence-electron chi connectivity index (χ0n) is 14.6. The van der Waals surface area contributed by atoms with Crippen molar-refractivity contribution in [1.82, 2.24) is 4.90 Å². The van der Waals surface area contributed by atoms with Gasteiger partial charge in [-0.2, -0.15) is 0 Å². The average molecular weight is 381 g/mol. The minimum atomic E-state index is -0.888. The molecule has 7 nitrogen and oxygen atoms in total. The summed E-state index contributed by atoms with van der Waals surface area (Å²) in [6, 6.07) is 4.62. The number of likely N-dealkylation sites (tertiary alicyclic amines) is 1. The highest BCUT2D eigenvalue weighted by Crippen LogP contribution is 2.36. The van der Waals surface area contributed by atoms with Crippen LogP contribution < -0.4 is 9.64 Å². The van der Waals surface area contributed by atoms with Crippen molar-refractivity contribution >= 4 is 35.1 Å². The predicted molar refractivity (Wildman–Crippen MR) is 95.4 cm³/mol. The zero-order valence-corrected chi connectivity index (χ0v) is 15.4. The lowest BCUT2D eigenvalue weighted by molar-refractivity contribution is -0.143. The molecule has 3 rings (SSSR count).